The van der Waals surface area contributed by atoms with Gasteiger partial charge in [0.2, 0.25) is 11.8 Å². The van der Waals surface area contributed by atoms with Crippen LogP contribution < -0.4 is 9.64 Å². The van der Waals surface area contributed by atoms with Crippen molar-refractivity contribution in [3.8, 4) is 5.88 Å². The lowest BCUT2D eigenvalue weighted by Gasteiger charge is -2.33. The SMILES string of the molecule is CN(C)c1cncc(OC2CCN(C(=O)C3(c4ccc(Cl)cc4)CCCC3)C2)n1. The number of aromatic nitrogens is 2. The number of amides is 1. The van der Waals surface area contributed by atoms with Crippen molar-refractivity contribution in [1.82, 2.24) is 14.9 Å². The monoisotopic (exact) mass is 414 g/mol. The van der Waals surface area contributed by atoms with Gasteiger partial charge in [-0.05, 0) is 30.5 Å². The lowest BCUT2D eigenvalue weighted by atomic mass is 9.77. The second-order valence-corrected chi connectivity index (χ2v) is 8.62. The third-order valence-corrected chi connectivity index (χ3v) is 6.29. The predicted molar refractivity (Wildman–Crippen MR) is 114 cm³/mol. The Balaban J connectivity index is 1.47. The maximum absolute atomic E-state index is 13.6. The largest absolute Gasteiger partial charge is 0.471 e. The van der Waals surface area contributed by atoms with E-state index in [2.05, 4.69) is 9.97 Å². The average molecular weight is 415 g/mol. The predicted octanol–water partition coefficient (Wildman–Crippen LogP) is 3.69. The fourth-order valence-electron chi connectivity index (χ4n) is 4.47. The van der Waals surface area contributed by atoms with Crippen LogP contribution in [0.15, 0.2) is 36.7 Å². The van der Waals surface area contributed by atoms with E-state index in [4.69, 9.17) is 16.3 Å². The molecular weight excluding hydrogens is 388 g/mol. The van der Waals surface area contributed by atoms with Gasteiger partial charge >= 0.3 is 0 Å². The quantitative estimate of drug-likeness (QED) is 0.746. The van der Waals surface area contributed by atoms with Gasteiger partial charge in [-0.2, -0.15) is 4.98 Å². The molecule has 2 fully saturated rings. The Hall–Kier alpha value is -2.34. The molecule has 2 heterocycles. The van der Waals surface area contributed by atoms with Crippen molar-refractivity contribution in [3.05, 3.63) is 47.2 Å². The number of halogens is 1. The summed E-state index contributed by atoms with van der Waals surface area (Å²) in [5.74, 6) is 1.47. The number of rotatable bonds is 5. The first-order chi connectivity index (χ1) is 14.0. The Labute approximate surface area is 176 Å². The Bertz CT molecular complexity index is 865. The summed E-state index contributed by atoms with van der Waals surface area (Å²) < 4.78 is 6.05. The Morgan fingerprint density at radius 2 is 1.93 bits per heavy atom. The Kier molecular flexibility index (Phi) is 5.63. The van der Waals surface area contributed by atoms with Crippen molar-refractivity contribution in [2.45, 2.75) is 43.6 Å². The number of ether oxygens (including phenoxy) is 1. The van der Waals surface area contributed by atoms with Crippen molar-refractivity contribution in [3.63, 3.8) is 0 Å². The first-order valence-corrected chi connectivity index (χ1v) is 10.6. The van der Waals surface area contributed by atoms with E-state index < -0.39 is 5.41 Å². The van der Waals surface area contributed by atoms with E-state index >= 15 is 0 Å². The molecule has 29 heavy (non-hydrogen) atoms. The van der Waals surface area contributed by atoms with Crippen molar-refractivity contribution < 1.29 is 9.53 Å². The van der Waals surface area contributed by atoms with E-state index in [-0.39, 0.29) is 12.0 Å². The molecule has 0 N–H and O–H groups in total. The molecule has 1 aliphatic heterocycles. The van der Waals surface area contributed by atoms with E-state index in [1.54, 1.807) is 12.4 Å². The summed E-state index contributed by atoms with van der Waals surface area (Å²) in [7, 11) is 3.84. The minimum atomic E-state index is -0.426. The molecule has 7 heteroatoms. The van der Waals surface area contributed by atoms with Crippen molar-refractivity contribution >= 4 is 23.3 Å². The number of nitrogens with zero attached hydrogens (tertiary/aromatic N) is 4. The zero-order valence-electron chi connectivity index (χ0n) is 17.0. The topological polar surface area (TPSA) is 58.6 Å². The molecule has 154 valence electrons. The smallest absolute Gasteiger partial charge is 0.234 e. The molecule has 1 unspecified atom stereocenters. The first-order valence-electron chi connectivity index (χ1n) is 10.2. The van der Waals surface area contributed by atoms with Gasteiger partial charge in [-0.15, -0.1) is 0 Å². The molecule has 0 spiro atoms. The summed E-state index contributed by atoms with van der Waals surface area (Å²) >= 11 is 6.07. The van der Waals surface area contributed by atoms with Gasteiger partial charge < -0.3 is 14.5 Å². The van der Waals surface area contributed by atoms with E-state index in [1.165, 1.54) is 0 Å². The van der Waals surface area contributed by atoms with Crippen LogP contribution in [0.2, 0.25) is 5.02 Å². The van der Waals surface area contributed by atoms with E-state index in [0.717, 1.165) is 43.5 Å². The van der Waals surface area contributed by atoms with Crippen LogP contribution in [0.1, 0.15) is 37.7 Å². The summed E-state index contributed by atoms with van der Waals surface area (Å²) in [6, 6.07) is 7.79. The van der Waals surface area contributed by atoms with E-state index in [1.807, 2.05) is 48.2 Å². The molecule has 1 atom stereocenters. The number of hydrogen-bond acceptors (Lipinski definition) is 5. The van der Waals surface area contributed by atoms with Crippen LogP contribution >= 0.6 is 11.6 Å². The minimum absolute atomic E-state index is 0.0608. The van der Waals surface area contributed by atoms with E-state index in [0.29, 0.717) is 24.0 Å². The van der Waals surface area contributed by atoms with Gasteiger partial charge in [-0.3, -0.25) is 9.78 Å². The Morgan fingerprint density at radius 1 is 1.21 bits per heavy atom. The molecule has 1 aliphatic carbocycles. The summed E-state index contributed by atoms with van der Waals surface area (Å²) in [5.41, 5.74) is 0.655. The van der Waals surface area contributed by atoms with Crippen molar-refractivity contribution in [1.29, 1.82) is 0 Å². The van der Waals surface area contributed by atoms with E-state index in [9.17, 15) is 4.79 Å². The van der Waals surface area contributed by atoms with Crippen molar-refractivity contribution in [2.75, 3.05) is 32.1 Å². The molecule has 1 aromatic carbocycles. The highest BCUT2D eigenvalue weighted by Crippen LogP contribution is 2.43. The molecule has 1 amide bonds. The highest BCUT2D eigenvalue weighted by atomic mass is 35.5. The summed E-state index contributed by atoms with van der Waals surface area (Å²) in [4.78, 5) is 26.1. The molecule has 1 aromatic heterocycles. The molecule has 2 aliphatic rings. The zero-order chi connectivity index (χ0) is 20.4. The number of anilines is 1. The van der Waals surface area contributed by atoms with Crippen LogP contribution in [0, 0.1) is 0 Å². The lowest BCUT2D eigenvalue weighted by molar-refractivity contribution is -0.136. The second kappa shape index (κ2) is 8.19. The van der Waals surface area contributed by atoms with Crippen LogP contribution in [0.4, 0.5) is 5.82 Å². The molecule has 2 aromatic rings. The highest BCUT2D eigenvalue weighted by molar-refractivity contribution is 6.30. The number of carbonyl (C=O) groups excluding carboxylic acids is 1. The maximum Gasteiger partial charge on any atom is 0.234 e. The van der Waals surface area contributed by atoms with Gasteiger partial charge in [-0.1, -0.05) is 36.6 Å². The number of benzene rings is 1. The number of hydrogen-bond donors (Lipinski definition) is 0. The minimum Gasteiger partial charge on any atom is -0.471 e. The Morgan fingerprint density at radius 3 is 2.62 bits per heavy atom. The standard InChI is InChI=1S/C22H27ClN4O2/c1-26(2)19-13-24-14-20(25-19)29-18-9-12-27(15-18)21(28)22(10-3-4-11-22)16-5-7-17(23)8-6-16/h5-8,13-14,18H,3-4,9-12,15H2,1-2H3. The fourth-order valence-corrected chi connectivity index (χ4v) is 4.59. The summed E-state index contributed by atoms with van der Waals surface area (Å²) in [6.07, 6.45) is 8.02. The zero-order valence-corrected chi connectivity index (χ0v) is 17.7. The average Bonchev–Trinajstić information content (AvgIpc) is 3.39. The lowest BCUT2D eigenvalue weighted by Crippen LogP contribution is -2.45. The highest BCUT2D eigenvalue weighted by Gasteiger charge is 2.46. The summed E-state index contributed by atoms with van der Waals surface area (Å²) in [5, 5.41) is 0.699. The third-order valence-electron chi connectivity index (χ3n) is 6.04. The normalized spacial score (nSPS) is 20.7. The van der Waals surface area contributed by atoms with Crippen LogP contribution in [0.25, 0.3) is 0 Å². The van der Waals surface area contributed by atoms with Crippen LogP contribution in [-0.2, 0) is 10.2 Å². The van der Waals surface area contributed by atoms with Crippen molar-refractivity contribution in [2.24, 2.45) is 0 Å². The van der Waals surface area contributed by atoms with Crippen LogP contribution in [0.5, 0.6) is 5.88 Å². The molecule has 1 saturated heterocycles. The van der Waals surface area contributed by atoms with Gasteiger partial charge in [0.1, 0.15) is 6.10 Å². The first kappa shape index (κ1) is 20.0. The van der Waals surface area contributed by atoms with Gasteiger partial charge in [-0.25, -0.2) is 0 Å². The number of carbonyl (C=O) groups is 1. The van der Waals surface area contributed by atoms with Crippen LogP contribution in [0.3, 0.4) is 0 Å². The van der Waals surface area contributed by atoms with Crippen LogP contribution in [-0.4, -0.2) is 54.1 Å². The van der Waals surface area contributed by atoms with Gasteiger partial charge in [0.05, 0.1) is 24.4 Å². The molecule has 0 bridgehead atoms. The molecular formula is C22H27ClN4O2. The number of likely N-dealkylation sites (tertiary alicyclic amines) is 1. The fraction of sp³-hybridized carbons (Fsp3) is 0.500. The second-order valence-electron chi connectivity index (χ2n) is 8.19. The van der Waals surface area contributed by atoms with Gasteiger partial charge in [0, 0.05) is 32.1 Å². The van der Waals surface area contributed by atoms with Gasteiger partial charge in [0.15, 0.2) is 5.82 Å². The molecule has 1 saturated carbocycles. The van der Waals surface area contributed by atoms with Gasteiger partial charge in [0.25, 0.3) is 0 Å². The molecule has 0 radical (unpaired) electrons. The summed E-state index contributed by atoms with van der Waals surface area (Å²) in [6.45, 7) is 1.29. The maximum atomic E-state index is 13.6. The third kappa shape index (κ3) is 4.04. The molecule has 6 nitrogen and oxygen atoms in total. The molecule has 4 rings (SSSR count).